The maximum Gasteiger partial charge on any atom is 0.236 e. The lowest BCUT2D eigenvalue weighted by molar-refractivity contribution is -0.122. The number of rotatable bonds is 5. The summed E-state index contributed by atoms with van der Waals surface area (Å²) in [6.07, 6.45) is 2.76. The molecule has 0 bridgehead atoms. The molecule has 0 aliphatic carbocycles. The van der Waals surface area contributed by atoms with E-state index in [1.54, 1.807) is 11.8 Å². The lowest BCUT2D eigenvalue weighted by Crippen LogP contribution is -2.43. The average Bonchev–Trinajstić information content (AvgIpc) is 2.09. The summed E-state index contributed by atoms with van der Waals surface area (Å²) in [5.74, 6) is 0.901. The van der Waals surface area contributed by atoms with Gasteiger partial charge in [-0.2, -0.15) is 11.8 Å². The standard InChI is InChI=1S/C10H22N2OS/c1-10(2,3)7-12-9(13)8(11)5-6-14-4/h8H,5-7,11H2,1-4H3,(H,12,13)/t8-/m0/s1. The first kappa shape index (κ1) is 13.8. The summed E-state index contributed by atoms with van der Waals surface area (Å²) in [5.41, 5.74) is 5.83. The van der Waals surface area contributed by atoms with Gasteiger partial charge in [-0.15, -0.1) is 0 Å². The van der Waals surface area contributed by atoms with Crippen LogP contribution in [0.2, 0.25) is 0 Å². The van der Waals surface area contributed by atoms with Crippen LogP contribution >= 0.6 is 11.8 Å². The molecule has 84 valence electrons. The van der Waals surface area contributed by atoms with E-state index in [-0.39, 0.29) is 17.4 Å². The highest BCUT2D eigenvalue weighted by molar-refractivity contribution is 7.98. The molecule has 0 radical (unpaired) electrons. The normalized spacial score (nSPS) is 13.8. The number of nitrogens with one attached hydrogen (secondary N) is 1. The first-order chi connectivity index (χ1) is 6.37. The molecule has 0 fully saturated rings. The van der Waals surface area contributed by atoms with Crippen molar-refractivity contribution < 1.29 is 4.79 Å². The molecule has 0 aromatic heterocycles. The second-order valence-electron chi connectivity index (χ2n) is 4.67. The second-order valence-corrected chi connectivity index (χ2v) is 5.65. The lowest BCUT2D eigenvalue weighted by Gasteiger charge is -2.20. The van der Waals surface area contributed by atoms with Gasteiger partial charge >= 0.3 is 0 Å². The fraction of sp³-hybridized carbons (Fsp3) is 0.900. The molecular weight excluding hydrogens is 196 g/mol. The molecule has 1 amide bonds. The number of hydrogen-bond acceptors (Lipinski definition) is 3. The zero-order valence-corrected chi connectivity index (χ0v) is 10.4. The van der Waals surface area contributed by atoms with E-state index in [9.17, 15) is 4.79 Å². The number of hydrogen-bond donors (Lipinski definition) is 2. The van der Waals surface area contributed by atoms with Gasteiger partial charge in [0.05, 0.1) is 6.04 Å². The highest BCUT2D eigenvalue weighted by atomic mass is 32.2. The predicted octanol–water partition coefficient (Wildman–Crippen LogP) is 1.23. The molecular formula is C10H22N2OS. The van der Waals surface area contributed by atoms with Crippen LogP contribution in [0, 0.1) is 5.41 Å². The monoisotopic (exact) mass is 218 g/mol. The van der Waals surface area contributed by atoms with Crippen molar-refractivity contribution >= 4 is 17.7 Å². The molecule has 0 aromatic carbocycles. The van der Waals surface area contributed by atoms with Crippen molar-refractivity contribution in [1.29, 1.82) is 0 Å². The topological polar surface area (TPSA) is 55.1 Å². The third-order valence-electron chi connectivity index (χ3n) is 1.76. The third-order valence-corrected chi connectivity index (χ3v) is 2.41. The SMILES string of the molecule is CSCC[C@H](N)C(=O)NCC(C)(C)C. The van der Waals surface area contributed by atoms with Crippen LogP contribution in [-0.2, 0) is 4.79 Å². The van der Waals surface area contributed by atoms with Crippen LogP contribution in [-0.4, -0.2) is 30.5 Å². The van der Waals surface area contributed by atoms with E-state index in [0.717, 1.165) is 12.2 Å². The van der Waals surface area contributed by atoms with Gasteiger partial charge in [0, 0.05) is 6.54 Å². The molecule has 3 nitrogen and oxygen atoms in total. The Kier molecular flexibility index (Phi) is 6.20. The van der Waals surface area contributed by atoms with Gasteiger partial charge in [0.1, 0.15) is 0 Å². The number of thioether (sulfide) groups is 1. The number of nitrogens with two attached hydrogens (primary N) is 1. The Hall–Kier alpha value is -0.220. The van der Waals surface area contributed by atoms with Crippen LogP contribution < -0.4 is 11.1 Å². The van der Waals surface area contributed by atoms with Crippen LogP contribution in [0.3, 0.4) is 0 Å². The molecule has 3 N–H and O–H groups in total. The summed E-state index contributed by atoms with van der Waals surface area (Å²) in [5, 5.41) is 2.86. The van der Waals surface area contributed by atoms with Gasteiger partial charge in [0.25, 0.3) is 0 Å². The quantitative estimate of drug-likeness (QED) is 0.730. The molecule has 0 aliphatic heterocycles. The van der Waals surface area contributed by atoms with E-state index < -0.39 is 0 Å². The maximum absolute atomic E-state index is 11.5. The Morgan fingerprint density at radius 1 is 1.50 bits per heavy atom. The molecule has 0 aliphatic rings. The molecule has 0 saturated heterocycles. The van der Waals surface area contributed by atoms with Crippen molar-refractivity contribution in [2.45, 2.75) is 33.2 Å². The van der Waals surface area contributed by atoms with Crippen LogP contribution in [0.25, 0.3) is 0 Å². The van der Waals surface area contributed by atoms with Crippen molar-refractivity contribution in [3.05, 3.63) is 0 Å². The van der Waals surface area contributed by atoms with Crippen LogP contribution in [0.5, 0.6) is 0 Å². The van der Waals surface area contributed by atoms with Crippen molar-refractivity contribution in [3.8, 4) is 0 Å². The van der Waals surface area contributed by atoms with E-state index >= 15 is 0 Å². The van der Waals surface area contributed by atoms with Gasteiger partial charge in [-0.1, -0.05) is 20.8 Å². The van der Waals surface area contributed by atoms with E-state index in [1.165, 1.54) is 0 Å². The first-order valence-corrected chi connectivity index (χ1v) is 6.28. The third kappa shape index (κ3) is 7.21. The summed E-state index contributed by atoms with van der Waals surface area (Å²) in [6.45, 7) is 6.93. The highest BCUT2D eigenvalue weighted by Crippen LogP contribution is 2.10. The average molecular weight is 218 g/mol. The Labute approximate surface area is 91.2 Å². The van der Waals surface area contributed by atoms with E-state index in [2.05, 4.69) is 26.1 Å². The zero-order chi connectivity index (χ0) is 11.2. The Morgan fingerprint density at radius 3 is 2.50 bits per heavy atom. The summed E-state index contributed by atoms with van der Waals surface area (Å²) < 4.78 is 0. The first-order valence-electron chi connectivity index (χ1n) is 4.89. The summed E-state index contributed by atoms with van der Waals surface area (Å²) in [7, 11) is 0. The molecule has 0 aromatic rings. The lowest BCUT2D eigenvalue weighted by atomic mass is 9.97. The summed E-state index contributed by atoms with van der Waals surface area (Å²) in [4.78, 5) is 11.5. The van der Waals surface area contributed by atoms with Gasteiger partial charge < -0.3 is 11.1 Å². The number of amides is 1. The Morgan fingerprint density at radius 2 is 2.07 bits per heavy atom. The van der Waals surface area contributed by atoms with Gasteiger partial charge in [-0.05, 0) is 23.8 Å². The number of carbonyl (C=O) groups is 1. The minimum atomic E-state index is -0.357. The molecule has 1 atom stereocenters. The minimum absolute atomic E-state index is 0.0334. The largest absolute Gasteiger partial charge is 0.354 e. The molecule has 0 rings (SSSR count). The number of carbonyl (C=O) groups excluding carboxylic acids is 1. The molecule has 14 heavy (non-hydrogen) atoms. The fourth-order valence-corrected chi connectivity index (χ4v) is 1.35. The van der Waals surface area contributed by atoms with Gasteiger partial charge in [-0.3, -0.25) is 4.79 Å². The summed E-state index contributed by atoms with van der Waals surface area (Å²) in [6, 6.07) is -0.357. The van der Waals surface area contributed by atoms with E-state index in [4.69, 9.17) is 5.73 Å². The smallest absolute Gasteiger partial charge is 0.236 e. The fourth-order valence-electron chi connectivity index (χ4n) is 0.859. The van der Waals surface area contributed by atoms with Gasteiger partial charge in [-0.25, -0.2) is 0 Å². The zero-order valence-electron chi connectivity index (χ0n) is 9.59. The van der Waals surface area contributed by atoms with Gasteiger partial charge in [0.15, 0.2) is 0 Å². The minimum Gasteiger partial charge on any atom is -0.354 e. The molecule has 0 spiro atoms. The van der Waals surface area contributed by atoms with Gasteiger partial charge in [0.2, 0.25) is 5.91 Å². The van der Waals surface area contributed by atoms with E-state index in [1.807, 2.05) is 6.26 Å². The van der Waals surface area contributed by atoms with Crippen molar-refractivity contribution in [2.75, 3.05) is 18.6 Å². The van der Waals surface area contributed by atoms with Crippen molar-refractivity contribution in [3.63, 3.8) is 0 Å². The van der Waals surface area contributed by atoms with E-state index in [0.29, 0.717) is 6.54 Å². The highest BCUT2D eigenvalue weighted by Gasteiger charge is 2.16. The van der Waals surface area contributed by atoms with Crippen LogP contribution in [0.15, 0.2) is 0 Å². The van der Waals surface area contributed by atoms with Crippen molar-refractivity contribution in [1.82, 2.24) is 5.32 Å². The molecule has 0 unspecified atom stereocenters. The molecule has 0 saturated carbocycles. The molecule has 0 heterocycles. The molecule has 4 heteroatoms. The summed E-state index contributed by atoms with van der Waals surface area (Å²) >= 11 is 1.71. The predicted molar refractivity (Wildman–Crippen MR) is 63.4 cm³/mol. The van der Waals surface area contributed by atoms with Crippen LogP contribution in [0.1, 0.15) is 27.2 Å². The Balaban J connectivity index is 3.73. The van der Waals surface area contributed by atoms with Crippen LogP contribution in [0.4, 0.5) is 0 Å². The maximum atomic E-state index is 11.5. The van der Waals surface area contributed by atoms with Crippen molar-refractivity contribution in [2.24, 2.45) is 11.1 Å². The second kappa shape index (κ2) is 6.30. The Bertz CT molecular complexity index is 177.